The Morgan fingerprint density at radius 2 is 1.72 bits per heavy atom. The van der Waals surface area contributed by atoms with Crippen LogP contribution in [0.2, 0.25) is 0 Å². The van der Waals surface area contributed by atoms with E-state index in [0.29, 0.717) is 17.4 Å². The standard InChI is InChI=1S/C27H51NO/c1-19(2)7-6-8-20(3)23-11-12-24-22-10-9-21(14-17-28)26(4,16-18-29)25(22)13-15-27(23,24)5/h19-25,29H,6-18,28H2,1-5H3/t20-,21+,22?,23?,24?,25?,26+,27-/m1/s1. The third-order valence-electron chi connectivity index (χ3n) is 10.4. The van der Waals surface area contributed by atoms with Gasteiger partial charge in [-0.3, -0.25) is 0 Å². The summed E-state index contributed by atoms with van der Waals surface area (Å²) in [6.07, 6.45) is 14.9. The lowest BCUT2D eigenvalue weighted by molar-refractivity contribution is -0.109. The molecule has 3 saturated carbocycles. The van der Waals surface area contributed by atoms with Gasteiger partial charge < -0.3 is 10.8 Å². The Hall–Kier alpha value is -0.0800. The summed E-state index contributed by atoms with van der Waals surface area (Å²) in [6.45, 7) is 13.6. The zero-order valence-corrected chi connectivity index (χ0v) is 20.3. The molecular weight excluding hydrogens is 354 g/mol. The molecule has 0 aliphatic heterocycles. The van der Waals surface area contributed by atoms with Gasteiger partial charge in [-0.2, -0.15) is 0 Å². The fraction of sp³-hybridized carbons (Fsp3) is 1.00. The Bertz CT molecular complexity index is 519. The molecule has 170 valence electrons. The van der Waals surface area contributed by atoms with Crippen molar-refractivity contribution in [1.82, 2.24) is 0 Å². The molecule has 0 radical (unpaired) electrons. The van der Waals surface area contributed by atoms with E-state index in [-0.39, 0.29) is 0 Å². The first kappa shape index (κ1) is 23.6. The summed E-state index contributed by atoms with van der Waals surface area (Å²) in [5, 5.41) is 9.90. The van der Waals surface area contributed by atoms with Crippen molar-refractivity contribution in [2.75, 3.05) is 13.2 Å². The average molecular weight is 406 g/mol. The highest BCUT2D eigenvalue weighted by molar-refractivity contribution is 5.08. The number of hydrogen-bond acceptors (Lipinski definition) is 2. The largest absolute Gasteiger partial charge is 0.396 e. The van der Waals surface area contributed by atoms with Crippen LogP contribution in [0.25, 0.3) is 0 Å². The second-order valence-electron chi connectivity index (χ2n) is 12.2. The fourth-order valence-electron chi connectivity index (χ4n) is 8.87. The van der Waals surface area contributed by atoms with Gasteiger partial charge in [0.05, 0.1) is 0 Å². The van der Waals surface area contributed by atoms with E-state index in [1.807, 2.05) is 0 Å². The van der Waals surface area contributed by atoms with E-state index in [1.165, 1.54) is 57.8 Å². The van der Waals surface area contributed by atoms with Crippen LogP contribution in [0.3, 0.4) is 0 Å². The third kappa shape index (κ3) is 4.45. The highest BCUT2D eigenvalue weighted by atomic mass is 16.3. The topological polar surface area (TPSA) is 46.2 Å². The number of aliphatic hydroxyl groups is 1. The van der Waals surface area contributed by atoms with Gasteiger partial charge in [-0.15, -0.1) is 0 Å². The van der Waals surface area contributed by atoms with Gasteiger partial charge in [-0.1, -0.05) is 53.9 Å². The van der Waals surface area contributed by atoms with Crippen LogP contribution in [0.15, 0.2) is 0 Å². The van der Waals surface area contributed by atoms with Crippen molar-refractivity contribution in [1.29, 1.82) is 0 Å². The van der Waals surface area contributed by atoms with Gasteiger partial charge in [0, 0.05) is 6.61 Å². The van der Waals surface area contributed by atoms with E-state index in [4.69, 9.17) is 5.73 Å². The summed E-state index contributed by atoms with van der Waals surface area (Å²) < 4.78 is 0. The predicted octanol–water partition coefficient (Wildman–Crippen LogP) is 6.66. The van der Waals surface area contributed by atoms with Crippen molar-refractivity contribution < 1.29 is 5.11 Å². The maximum atomic E-state index is 9.90. The third-order valence-corrected chi connectivity index (χ3v) is 10.4. The molecule has 3 aliphatic rings. The fourth-order valence-corrected chi connectivity index (χ4v) is 8.87. The van der Waals surface area contributed by atoms with Crippen molar-refractivity contribution in [2.45, 2.75) is 105 Å². The maximum Gasteiger partial charge on any atom is 0.0436 e. The highest BCUT2D eigenvalue weighted by Crippen LogP contribution is 2.67. The molecule has 3 N–H and O–H groups in total. The van der Waals surface area contributed by atoms with Crippen molar-refractivity contribution in [3.8, 4) is 0 Å². The summed E-state index contributed by atoms with van der Waals surface area (Å²) in [7, 11) is 0. The SMILES string of the molecule is CC(C)CCC[C@@H](C)C1CCC2C3CC[C@@H](CCN)[C@](C)(CCO)C3CC[C@@]21C. The van der Waals surface area contributed by atoms with E-state index in [2.05, 4.69) is 34.6 Å². The first-order valence-electron chi connectivity index (χ1n) is 13.1. The van der Waals surface area contributed by atoms with E-state index in [1.54, 1.807) is 0 Å². The Morgan fingerprint density at radius 3 is 2.38 bits per heavy atom. The molecule has 0 bridgehead atoms. The second-order valence-corrected chi connectivity index (χ2v) is 12.2. The van der Waals surface area contributed by atoms with Gasteiger partial charge in [0.25, 0.3) is 0 Å². The van der Waals surface area contributed by atoms with Crippen molar-refractivity contribution in [3.05, 3.63) is 0 Å². The van der Waals surface area contributed by atoms with Crippen molar-refractivity contribution in [2.24, 2.45) is 58.0 Å². The summed E-state index contributed by atoms with van der Waals surface area (Å²) in [4.78, 5) is 0. The van der Waals surface area contributed by atoms with Gasteiger partial charge >= 0.3 is 0 Å². The Kier molecular flexibility index (Phi) is 7.80. The van der Waals surface area contributed by atoms with Crippen LogP contribution in [0, 0.1) is 52.3 Å². The molecule has 8 atom stereocenters. The number of fused-ring (bicyclic) bond motifs is 3. The summed E-state index contributed by atoms with van der Waals surface area (Å²) >= 11 is 0. The van der Waals surface area contributed by atoms with Gasteiger partial charge in [0.15, 0.2) is 0 Å². The molecule has 2 heteroatoms. The normalized spacial score (nSPS) is 43.2. The second kappa shape index (κ2) is 9.60. The molecule has 4 unspecified atom stereocenters. The Morgan fingerprint density at radius 1 is 0.966 bits per heavy atom. The van der Waals surface area contributed by atoms with Gasteiger partial charge in [-0.25, -0.2) is 0 Å². The predicted molar refractivity (Wildman–Crippen MR) is 125 cm³/mol. The first-order valence-corrected chi connectivity index (χ1v) is 13.1. The molecule has 3 rings (SSSR count). The molecule has 0 spiro atoms. The minimum atomic E-state index is 0.305. The molecule has 2 nitrogen and oxygen atoms in total. The maximum absolute atomic E-state index is 9.90. The van der Waals surface area contributed by atoms with Crippen LogP contribution in [-0.2, 0) is 0 Å². The van der Waals surface area contributed by atoms with Crippen molar-refractivity contribution >= 4 is 0 Å². The number of nitrogens with two attached hydrogens (primary N) is 1. The Labute approximate surface area is 181 Å². The number of aliphatic hydroxyl groups excluding tert-OH is 1. The van der Waals surface area contributed by atoms with E-state index in [0.717, 1.165) is 60.8 Å². The van der Waals surface area contributed by atoms with Gasteiger partial charge in [0.2, 0.25) is 0 Å². The molecule has 0 heterocycles. The summed E-state index contributed by atoms with van der Waals surface area (Å²) in [5.41, 5.74) is 6.87. The van der Waals surface area contributed by atoms with Crippen LogP contribution in [0.1, 0.15) is 105 Å². The van der Waals surface area contributed by atoms with E-state index in [9.17, 15) is 5.11 Å². The minimum Gasteiger partial charge on any atom is -0.396 e. The smallest absolute Gasteiger partial charge is 0.0436 e. The lowest BCUT2D eigenvalue weighted by atomic mass is 9.45. The van der Waals surface area contributed by atoms with E-state index >= 15 is 0 Å². The lowest BCUT2D eigenvalue weighted by Gasteiger charge is -2.59. The Balaban J connectivity index is 1.73. The van der Waals surface area contributed by atoms with Crippen LogP contribution < -0.4 is 5.73 Å². The van der Waals surface area contributed by atoms with Crippen molar-refractivity contribution in [3.63, 3.8) is 0 Å². The molecule has 3 aliphatic carbocycles. The van der Waals surface area contributed by atoms with Gasteiger partial charge in [0.1, 0.15) is 0 Å². The molecule has 0 amide bonds. The summed E-state index contributed by atoms with van der Waals surface area (Å²) in [6, 6.07) is 0. The quantitative estimate of drug-likeness (QED) is 0.451. The number of hydrogen-bond donors (Lipinski definition) is 2. The molecule has 3 fully saturated rings. The van der Waals surface area contributed by atoms with Gasteiger partial charge in [-0.05, 0) is 110 Å². The molecular formula is C27H51NO. The van der Waals surface area contributed by atoms with Crippen LogP contribution in [0.5, 0.6) is 0 Å². The molecule has 0 saturated heterocycles. The molecule has 29 heavy (non-hydrogen) atoms. The first-order chi connectivity index (χ1) is 13.8. The monoisotopic (exact) mass is 405 g/mol. The zero-order chi connectivity index (χ0) is 21.2. The number of rotatable bonds is 9. The lowest BCUT2D eigenvalue weighted by Crippen LogP contribution is -2.52. The van der Waals surface area contributed by atoms with E-state index < -0.39 is 0 Å². The molecule has 0 aromatic heterocycles. The zero-order valence-electron chi connectivity index (χ0n) is 20.3. The van der Waals surface area contributed by atoms with Crippen LogP contribution >= 0.6 is 0 Å². The highest BCUT2D eigenvalue weighted by Gasteiger charge is 2.59. The average Bonchev–Trinajstić information content (AvgIpc) is 3.01. The molecule has 0 aromatic rings. The van der Waals surface area contributed by atoms with Crippen LogP contribution in [-0.4, -0.2) is 18.3 Å². The minimum absolute atomic E-state index is 0.305. The summed E-state index contributed by atoms with van der Waals surface area (Å²) in [5.74, 6) is 6.02. The molecule has 0 aromatic carbocycles. The van der Waals surface area contributed by atoms with Crippen LogP contribution in [0.4, 0.5) is 0 Å².